The first-order valence-electron chi connectivity index (χ1n) is 11.7. The molecule has 32 heavy (non-hydrogen) atoms. The van der Waals surface area contributed by atoms with Gasteiger partial charge in [-0.05, 0) is 24.1 Å². The standard InChI is InChI=1S/C27H33NO4/c1-2-3-4-5-6-7-8-12-20-31-26(29)24-17-13-16-23-18-19-28(25(23)24)27(30)32-21-22-14-10-9-11-15-22/h9-11,13-19H,2-8,12,20-21H2,1H3. The van der Waals surface area contributed by atoms with Crippen LogP contribution < -0.4 is 0 Å². The van der Waals surface area contributed by atoms with E-state index in [0.29, 0.717) is 17.7 Å². The lowest BCUT2D eigenvalue weighted by Crippen LogP contribution is -2.15. The Morgan fingerprint density at radius 1 is 0.781 bits per heavy atom. The van der Waals surface area contributed by atoms with Gasteiger partial charge in [0.2, 0.25) is 0 Å². The molecule has 1 aromatic heterocycles. The van der Waals surface area contributed by atoms with E-state index in [9.17, 15) is 9.59 Å². The molecule has 0 saturated carbocycles. The van der Waals surface area contributed by atoms with E-state index in [0.717, 1.165) is 23.8 Å². The van der Waals surface area contributed by atoms with E-state index in [1.807, 2.05) is 36.4 Å². The van der Waals surface area contributed by atoms with Crippen LogP contribution in [0.1, 0.15) is 74.2 Å². The number of aromatic nitrogens is 1. The maximum atomic E-state index is 12.7. The molecule has 0 amide bonds. The van der Waals surface area contributed by atoms with E-state index in [1.165, 1.54) is 43.1 Å². The van der Waals surface area contributed by atoms with E-state index in [-0.39, 0.29) is 6.61 Å². The van der Waals surface area contributed by atoms with Crippen molar-refractivity contribution >= 4 is 23.0 Å². The van der Waals surface area contributed by atoms with Crippen molar-refractivity contribution in [3.05, 3.63) is 71.9 Å². The zero-order valence-corrected chi connectivity index (χ0v) is 18.9. The van der Waals surface area contributed by atoms with E-state index >= 15 is 0 Å². The number of hydrogen-bond acceptors (Lipinski definition) is 4. The molecule has 0 aliphatic rings. The summed E-state index contributed by atoms with van der Waals surface area (Å²) in [5.41, 5.74) is 1.80. The average molecular weight is 436 g/mol. The van der Waals surface area contributed by atoms with E-state index in [2.05, 4.69) is 6.92 Å². The number of benzene rings is 2. The first-order valence-corrected chi connectivity index (χ1v) is 11.7. The first-order chi connectivity index (χ1) is 15.7. The second-order valence-corrected chi connectivity index (χ2v) is 8.08. The lowest BCUT2D eigenvalue weighted by Gasteiger charge is -2.10. The van der Waals surface area contributed by atoms with Crippen molar-refractivity contribution in [3.8, 4) is 0 Å². The van der Waals surface area contributed by atoms with Crippen LogP contribution in [0.5, 0.6) is 0 Å². The third-order valence-electron chi connectivity index (χ3n) is 5.56. The van der Waals surface area contributed by atoms with Gasteiger partial charge in [-0.15, -0.1) is 0 Å². The SMILES string of the molecule is CCCCCCCCCCOC(=O)c1cccc2ccn(C(=O)OCc3ccccc3)c12. The van der Waals surface area contributed by atoms with Gasteiger partial charge in [0.05, 0.1) is 17.7 Å². The molecule has 3 aromatic rings. The fourth-order valence-corrected chi connectivity index (χ4v) is 3.78. The third kappa shape index (κ3) is 6.71. The Balaban J connectivity index is 1.54. The predicted octanol–water partition coefficient (Wildman–Crippen LogP) is 7.12. The molecule has 0 radical (unpaired) electrons. The topological polar surface area (TPSA) is 57.5 Å². The minimum atomic E-state index is -0.521. The molecule has 0 aliphatic heterocycles. The number of nitrogens with zero attached hydrogens (tertiary/aromatic N) is 1. The smallest absolute Gasteiger partial charge is 0.418 e. The number of fused-ring (bicyclic) bond motifs is 1. The monoisotopic (exact) mass is 435 g/mol. The zero-order valence-electron chi connectivity index (χ0n) is 18.9. The quantitative estimate of drug-likeness (QED) is 0.224. The fourth-order valence-electron chi connectivity index (χ4n) is 3.78. The summed E-state index contributed by atoms with van der Waals surface area (Å²) < 4.78 is 12.3. The molecule has 0 N–H and O–H groups in total. The lowest BCUT2D eigenvalue weighted by atomic mass is 10.1. The molecule has 0 saturated heterocycles. The molecule has 0 atom stereocenters. The van der Waals surface area contributed by atoms with Crippen molar-refractivity contribution in [1.82, 2.24) is 4.57 Å². The van der Waals surface area contributed by atoms with Gasteiger partial charge in [0, 0.05) is 11.6 Å². The highest BCUT2D eigenvalue weighted by Crippen LogP contribution is 2.22. The van der Waals surface area contributed by atoms with Gasteiger partial charge in [-0.1, -0.05) is 94.3 Å². The largest absolute Gasteiger partial charge is 0.462 e. The molecular formula is C27H33NO4. The van der Waals surface area contributed by atoms with Crippen LogP contribution in [0.4, 0.5) is 4.79 Å². The Bertz CT molecular complexity index is 993. The highest BCUT2D eigenvalue weighted by molar-refractivity contribution is 6.05. The first kappa shape index (κ1) is 23.6. The van der Waals surface area contributed by atoms with E-state index < -0.39 is 12.1 Å². The third-order valence-corrected chi connectivity index (χ3v) is 5.56. The number of ether oxygens (including phenoxy) is 2. The number of rotatable bonds is 12. The van der Waals surface area contributed by atoms with Crippen LogP contribution in [-0.2, 0) is 16.1 Å². The minimum Gasteiger partial charge on any atom is -0.462 e. The molecule has 3 rings (SSSR count). The summed E-state index contributed by atoms with van der Waals surface area (Å²) in [6.07, 6.45) is 10.6. The van der Waals surface area contributed by atoms with Gasteiger partial charge in [-0.25, -0.2) is 9.59 Å². The van der Waals surface area contributed by atoms with Crippen LogP contribution in [-0.4, -0.2) is 23.2 Å². The second-order valence-electron chi connectivity index (χ2n) is 8.08. The van der Waals surface area contributed by atoms with Gasteiger partial charge in [-0.3, -0.25) is 4.57 Å². The van der Waals surface area contributed by atoms with E-state index in [4.69, 9.17) is 9.47 Å². The summed E-state index contributed by atoms with van der Waals surface area (Å²) >= 11 is 0. The molecule has 2 aromatic carbocycles. The van der Waals surface area contributed by atoms with Gasteiger partial charge in [0.1, 0.15) is 6.61 Å². The zero-order chi connectivity index (χ0) is 22.6. The van der Waals surface area contributed by atoms with Crippen molar-refractivity contribution in [1.29, 1.82) is 0 Å². The van der Waals surface area contributed by atoms with Crippen molar-refractivity contribution in [2.24, 2.45) is 0 Å². The van der Waals surface area contributed by atoms with Gasteiger partial charge in [0.25, 0.3) is 0 Å². The number of carbonyl (C=O) groups is 2. The van der Waals surface area contributed by atoms with Crippen molar-refractivity contribution in [2.45, 2.75) is 64.9 Å². The molecule has 170 valence electrons. The fraction of sp³-hybridized carbons (Fsp3) is 0.407. The molecule has 5 nitrogen and oxygen atoms in total. The Labute approximate surface area is 190 Å². The maximum absolute atomic E-state index is 12.7. The van der Waals surface area contributed by atoms with E-state index in [1.54, 1.807) is 24.4 Å². The maximum Gasteiger partial charge on any atom is 0.418 e. The number of para-hydroxylation sites is 1. The lowest BCUT2D eigenvalue weighted by molar-refractivity contribution is 0.0499. The predicted molar refractivity (Wildman–Crippen MR) is 127 cm³/mol. The summed E-state index contributed by atoms with van der Waals surface area (Å²) in [4.78, 5) is 25.4. The molecule has 0 aliphatic carbocycles. The average Bonchev–Trinajstić information content (AvgIpc) is 3.26. The Morgan fingerprint density at radius 3 is 2.25 bits per heavy atom. The molecule has 0 bridgehead atoms. The molecular weight excluding hydrogens is 402 g/mol. The summed E-state index contributed by atoms with van der Waals surface area (Å²) in [6.45, 7) is 2.78. The minimum absolute atomic E-state index is 0.171. The van der Waals surface area contributed by atoms with Crippen molar-refractivity contribution in [2.75, 3.05) is 6.61 Å². The van der Waals surface area contributed by atoms with Gasteiger partial charge >= 0.3 is 12.1 Å². The van der Waals surface area contributed by atoms with Crippen LogP contribution >= 0.6 is 0 Å². The van der Waals surface area contributed by atoms with Gasteiger partial charge in [0.15, 0.2) is 0 Å². The molecule has 0 fully saturated rings. The molecule has 0 unspecified atom stereocenters. The highest BCUT2D eigenvalue weighted by atomic mass is 16.5. The number of carbonyl (C=O) groups excluding carboxylic acids is 2. The summed E-state index contributed by atoms with van der Waals surface area (Å²) in [7, 11) is 0. The Kier molecular flexibility index (Phi) is 9.36. The van der Waals surface area contributed by atoms with Gasteiger partial charge < -0.3 is 9.47 Å². The van der Waals surface area contributed by atoms with Crippen LogP contribution in [0.15, 0.2) is 60.8 Å². The number of esters is 1. The van der Waals surface area contributed by atoms with Crippen molar-refractivity contribution < 1.29 is 19.1 Å². The van der Waals surface area contributed by atoms with Crippen LogP contribution in [0, 0.1) is 0 Å². The second kappa shape index (κ2) is 12.7. The van der Waals surface area contributed by atoms with Crippen molar-refractivity contribution in [3.63, 3.8) is 0 Å². The Morgan fingerprint density at radius 2 is 1.50 bits per heavy atom. The molecule has 0 spiro atoms. The normalized spacial score (nSPS) is 10.9. The summed E-state index contributed by atoms with van der Waals surface area (Å²) in [5, 5.41) is 0.795. The number of unbranched alkanes of at least 4 members (excludes halogenated alkanes) is 7. The summed E-state index contributed by atoms with van der Waals surface area (Å²) in [6, 6.07) is 16.7. The van der Waals surface area contributed by atoms with Gasteiger partial charge in [-0.2, -0.15) is 0 Å². The van der Waals surface area contributed by atoms with Crippen LogP contribution in [0.25, 0.3) is 10.9 Å². The highest BCUT2D eigenvalue weighted by Gasteiger charge is 2.18. The van der Waals surface area contributed by atoms with Crippen LogP contribution in [0.3, 0.4) is 0 Å². The molecule has 5 heteroatoms. The van der Waals surface area contributed by atoms with Crippen LogP contribution in [0.2, 0.25) is 0 Å². The number of hydrogen-bond donors (Lipinski definition) is 0. The Hall–Kier alpha value is -3.08. The molecule has 1 heterocycles. The summed E-state index contributed by atoms with van der Waals surface area (Å²) in [5.74, 6) is -0.408.